The van der Waals surface area contributed by atoms with Gasteiger partial charge in [0.15, 0.2) is 0 Å². The molecular weight excluding hydrogens is 430 g/mol. The molecule has 35 heavy (non-hydrogen) atoms. The summed E-state index contributed by atoms with van der Waals surface area (Å²) in [5, 5.41) is 10.3. The molecule has 0 unspecified atom stereocenters. The molecule has 3 aromatic carbocycles. The highest BCUT2D eigenvalue weighted by Crippen LogP contribution is 2.35. The summed E-state index contributed by atoms with van der Waals surface area (Å²) >= 11 is 0. The van der Waals surface area contributed by atoms with Gasteiger partial charge in [-0.15, -0.1) is 0 Å². The van der Waals surface area contributed by atoms with Crippen LogP contribution in [0.1, 0.15) is 43.2 Å². The molecule has 4 aromatic rings. The number of nitrogens with zero attached hydrogens (tertiary/aromatic N) is 3. The van der Waals surface area contributed by atoms with E-state index in [9.17, 15) is 5.11 Å². The van der Waals surface area contributed by atoms with Crippen LogP contribution in [0.3, 0.4) is 0 Å². The molecule has 1 N–H and O–H groups in total. The van der Waals surface area contributed by atoms with Gasteiger partial charge in [-0.1, -0.05) is 42.5 Å². The van der Waals surface area contributed by atoms with Gasteiger partial charge in [0.25, 0.3) is 0 Å². The third-order valence-corrected chi connectivity index (χ3v) is 6.87. The van der Waals surface area contributed by atoms with Gasteiger partial charge in [0, 0.05) is 36.4 Å². The molecule has 1 heterocycles. The molecule has 182 valence electrons. The Morgan fingerprint density at radius 1 is 0.800 bits per heavy atom. The van der Waals surface area contributed by atoms with Crippen molar-refractivity contribution in [1.29, 1.82) is 0 Å². The van der Waals surface area contributed by atoms with Crippen LogP contribution in [-0.2, 0) is 19.4 Å². The van der Waals surface area contributed by atoms with Crippen LogP contribution in [0.4, 0.5) is 5.69 Å². The van der Waals surface area contributed by atoms with Crippen molar-refractivity contribution in [3.8, 4) is 28.4 Å². The molecule has 4 nitrogen and oxygen atoms in total. The maximum atomic E-state index is 10.3. The van der Waals surface area contributed by atoms with E-state index in [2.05, 4.69) is 84.8 Å². The van der Waals surface area contributed by atoms with Crippen LogP contribution in [0.25, 0.3) is 22.6 Å². The summed E-state index contributed by atoms with van der Waals surface area (Å²) in [6.45, 7) is 13.3. The van der Waals surface area contributed by atoms with E-state index in [0.717, 1.165) is 60.7 Å². The van der Waals surface area contributed by atoms with Crippen LogP contribution in [0.5, 0.6) is 5.75 Å². The number of aromatic hydroxyl groups is 1. The average Bonchev–Trinajstić information content (AvgIpc) is 3.26. The summed E-state index contributed by atoms with van der Waals surface area (Å²) < 4.78 is 2.33. The highest BCUT2D eigenvalue weighted by molar-refractivity contribution is 5.72. The minimum Gasteiger partial charge on any atom is -0.507 e. The van der Waals surface area contributed by atoms with Crippen molar-refractivity contribution in [2.24, 2.45) is 0 Å². The lowest BCUT2D eigenvalue weighted by Crippen LogP contribution is -2.21. The van der Waals surface area contributed by atoms with E-state index >= 15 is 0 Å². The predicted octanol–water partition coefficient (Wildman–Crippen LogP) is 7.19. The lowest BCUT2D eigenvalue weighted by molar-refractivity contribution is 0.467. The number of phenolic OH excluding ortho intramolecular Hbond substituents is 1. The molecule has 4 heteroatoms. The van der Waals surface area contributed by atoms with Crippen LogP contribution >= 0.6 is 0 Å². The van der Waals surface area contributed by atoms with Crippen LogP contribution in [-0.4, -0.2) is 27.7 Å². The molecule has 0 saturated carbocycles. The Kier molecular flexibility index (Phi) is 7.60. The summed E-state index contributed by atoms with van der Waals surface area (Å²) in [5.74, 6) is 1.32. The monoisotopic (exact) mass is 467 g/mol. The summed E-state index contributed by atoms with van der Waals surface area (Å²) in [6, 6.07) is 23.6. The Labute approximate surface area is 209 Å². The highest BCUT2D eigenvalue weighted by Gasteiger charge is 2.20. The van der Waals surface area contributed by atoms with Crippen molar-refractivity contribution in [2.75, 3.05) is 18.0 Å². The molecule has 0 radical (unpaired) electrons. The first kappa shape index (κ1) is 24.6. The van der Waals surface area contributed by atoms with Gasteiger partial charge in [-0.25, -0.2) is 4.98 Å². The molecule has 1 aromatic heterocycles. The van der Waals surface area contributed by atoms with Crippen molar-refractivity contribution < 1.29 is 5.11 Å². The molecule has 0 aliphatic rings. The fourth-order valence-electron chi connectivity index (χ4n) is 4.94. The topological polar surface area (TPSA) is 41.3 Å². The number of rotatable bonds is 9. The number of aryl methyl sites for hydroxylation is 4. The summed E-state index contributed by atoms with van der Waals surface area (Å²) in [6.07, 6.45) is 1.81. The van der Waals surface area contributed by atoms with Crippen molar-refractivity contribution in [3.63, 3.8) is 0 Å². The zero-order chi connectivity index (χ0) is 24.9. The van der Waals surface area contributed by atoms with Gasteiger partial charge in [0.05, 0.1) is 11.4 Å². The molecule has 0 atom stereocenters. The zero-order valence-corrected chi connectivity index (χ0v) is 21.7. The number of anilines is 1. The summed E-state index contributed by atoms with van der Waals surface area (Å²) in [5.41, 5.74) is 8.86. The van der Waals surface area contributed by atoms with Gasteiger partial charge in [0.2, 0.25) is 0 Å². The molecule has 0 spiro atoms. The molecule has 4 rings (SSSR count). The highest BCUT2D eigenvalue weighted by atomic mass is 16.3. The van der Waals surface area contributed by atoms with Crippen LogP contribution < -0.4 is 4.90 Å². The standard InChI is InChI=1S/C31H37N3O/c1-6-33(7-2)27-17-15-25(16-18-27)29-28(19-14-24-12-10-9-11-13-24)32-31(34(29)8-3)26-20-22(4)30(35)23(5)21-26/h9-13,15-18,20-21,35H,6-8,14,19H2,1-5H3. The van der Waals surface area contributed by atoms with E-state index in [1.165, 1.54) is 22.5 Å². The Morgan fingerprint density at radius 2 is 1.43 bits per heavy atom. The number of imidazole rings is 1. The van der Waals surface area contributed by atoms with Crippen molar-refractivity contribution in [1.82, 2.24) is 9.55 Å². The Morgan fingerprint density at radius 3 is 2.00 bits per heavy atom. The van der Waals surface area contributed by atoms with Gasteiger partial charge in [-0.05, 0) is 88.4 Å². The second-order valence-electron chi connectivity index (χ2n) is 9.14. The maximum Gasteiger partial charge on any atom is 0.140 e. The summed E-state index contributed by atoms with van der Waals surface area (Å²) in [4.78, 5) is 7.58. The van der Waals surface area contributed by atoms with Gasteiger partial charge in [-0.3, -0.25) is 0 Å². The molecule has 0 aliphatic carbocycles. The van der Waals surface area contributed by atoms with Gasteiger partial charge < -0.3 is 14.6 Å². The van der Waals surface area contributed by atoms with Gasteiger partial charge in [-0.2, -0.15) is 0 Å². The molecule has 0 bridgehead atoms. The Balaban J connectivity index is 1.82. The third kappa shape index (κ3) is 5.12. The van der Waals surface area contributed by atoms with E-state index in [-0.39, 0.29) is 0 Å². The number of hydrogen-bond acceptors (Lipinski definition) is 3. The lowest BCUT2D eigenvalue weighted by atomic mass is 10.0. The molecular formula is C31H37N3O. The van der Waals surface area contributed by atoms with Crippen molar-refractivity contribution in [3.05, 3.63) is 89.1 Å². The number of aromatic nitrogens is 2. The molecule has 0 amide bonds. The number of benzene rings is 3. The van der Waals surface area contributed by atoms with Crippen LogP contribution in [0, 0.1) is 13.8 Å². The summed E-state index contributed by atoms with van der Waals surface area (Å²) in [7, 11) is 0. The zero-order valence-electron chi connectivity index (χ0n) is 21.7. The fourth-order valence-corrected chi connectivity index (χ4v) is 4.94. The minimum atomic E-state index is 0.361. The molecule has 0 saturated heterocycles. The lowest BCUT2D eigenvalue weighted by Gasteiger charge is -2.21. The van der Waals surface area contributed by atoms with Gasteiger partial charge >= 0.3 is 0 Å². The minimum absolute atomic E-state index is 0.361. The van der Waals surface area contributed by atoms with E-state index in [1.54, 1.807) is 0 Å². The second kappa shape index (κ2) is 10.8. The van der Waals surface area contributed by atoms with E-state index in [1.807, 2.05) is 26.0 Å². The van der Waals surface area contributed by atoms with Crippen molar-refractivity contribution in [2.45, 2.75) is 54.0 Å². The molecule has 0 fully saturated rings. The largest absolute Gasteiger partial charge is 0.507 e. The van der Waals surface area contributed by atoms with E-state index in [4.69, 9.17) is 4.98 Å². The van der Waals surface area contributed by atoms with E-state index in [0.29, 0.717) is 5.75 Å². The Hall–Kier alpha value is -3.53. The average molecular weight is 468 g/mol. The quantitative estimate of drug-likeness (QED) is 0.283. The molecule has 0 aliphatic heterocycles. The second-order valence-corrected chi connectivity index (χ2v) is 9.14. The SMILES string of the molecule is CCN(CC)c1ccc(-c2c(CCc3ccccc3)nc(-c3cc(C)c(O)c(C)c3)n2CC)cc1. The number of phenols is 1. The normalized spacial score (nSPS) is 11.1. The van der Waals surface area contributed by atoms with Crippen LogP contribution in [0.2, 0.25) is 0 Å². The number of hydrogen-bond donors (Lipinski definition) is 1. The Bertz CT molecular complexity index is 1250. The predicted molar refractivity (Wildman–Crippen MR) is 147 cm³/mol. The first-order valence-corrected chi connectivity index (χ1v) is 12.8. The third-order valence-electron chi connectivity index (χ3n) is 6.87. The first-order chi connectivity index (χ1) is 17.0. The maximum absolute atomic E-state index is 10.3. The van der Waals surface area contributed by atoms with Crippen molar-refractivity contribution >= 4 is 5.69 Å². The van der Waals surface area contributed by atoms with E-state index < -0.39 is 0 Å². The van der Waals surface area contributed by atoms with Crippen LogP contribution in [0.15, 0.2) is 66.7 Å². The van der Waals surface area contributed by atoms with Gasteiger partial charge in [0.1, 0.15) is 11.6 Å². The fraction of sp³-hybridized carbons (Fsp3) is 0.323. The smallest absolute Gasteiger partial charge is 0.140 e. The first-order valence-electron chi connectivity index (χ1n) is 12.8.